The Morgan fingerprint density at radius 1 is 0.962 bits per heavy atom. The zero-order valence-corrected chi connectivity index (χ0v) is 15.9. The number of benzene rings is 1. The average molecular weight is 362 g/mol. The van der Waals surface area contributed by atoms with Crippen LogP contribution in [0.2, 0.25) is 0 Å². The Labute approximate surface area is 156 Å². The Morgan fingerprint density at radius 2 is 1.58 bits per heavy atom. The molecular formula is C20H30N2O4. The van der Waals surface area contributed by atoms with Gasteiger partial charge in [0.05, 0.1) is 13.2 Å². The molecular weight excluding hydrogens is 332 g/mol. The molecule has 0 bridgehead atoms. The van der Waals surface area contributed by atoms with Crippen molar-refractivity contribution in [2.24, 2.45) is 0 Å². The number of carbonyl (C=O) groups is 1. The fraction of sp³-hybridized carbons (Fsp3) is 0.650. The van der Waals surface area contributed by atoms with Crippen LogP contribution in [0.15, 0.2) is 24.3 Å². The highest BCUT2D eigenvalue weighted by atomic mass is 16.5. The molecule has 0 unspecified atom stereocenters. The van der Waals surface area contributed by atoms with Crippen LogP contribution in [0.4, 0.5) is 0 Å². The van der Waals surface area contributed by atoms with Gasteiger partial charge in [-0.3, -0.25) is 4.79 Å². The summed E-state index contributed by atoms with van der Waals surface area (Å²) in [4.78, 5) is 16.9. The Balaban J connectivity index is 1.39. The van der Waals surface area contributed by atoms with Crippen molar-refractivity contribution < 1.29 is 19.0 Å². The fourth-order valence-electron chi connectivity index (χ4n) is 3.87. The maximum absolute atomic E-state index is 12.4. The van der Waals surface area contributed by atoms with Gasteiger partial charge in [-0.05, 0) is 49.9 Å². The molecule has 0 atom stereocenters. The third kappa shape index (κ3) is 4.89. The highest BCUT2D eigenvalue weighted by molar-refractivity contribution is 5.77. The Bertz CT molecular complexity index is 562. The number of piperidine rings is 2. The van der Waals surface area contributed by atoms with E-state index in [0.717, 1.165) is 57.6 Å². The molecule has 26 heavy (non-hydrogen) atoms. The molecule has 1 aromatic carbocycles. The predicted octanol–water partition coefficient (Wildman–Crippen LogP) is 2.18. The van der Waals surface area contributed by atoms with Crippen molar-refractivity contribution in [3.63, 3.8) is 0 Å². The van der Waals surface area contributed by atoms with E-state index < -0.39 is 0 Å². The highest BCUT2D eigenvalue weighted by Crippen LogP contribution is 2.22. The van der Waals surface area contributed by atoms with Gasteiger partial charge in [0.25, 0.3) is 5.91 Å². The molecule has 2 aliphatic heterocycles. The minimum atomic E-state index is 0.0670. The summed E-state index contributed by atoms with van der Waals surface area (Å²) in [6, 6.07) is 7.90. The second kappa shape index (κ2) is 9.24. The first kappa shape index (κ1) is 19.0. The standard InChI is InChI=1S/C20H30N2O4/c1-24-17-3-5-19(6-4-17)26-15-20(23)22-11-7-16(8-12-22)21-13-9-18(25-2)10-14-21/h3-6,16,18H,7-15H2,1-2H3. The number of carbonyl (C=O) groups excluding carboxylic acids is 1. The second-order valence-corrected chi connectivity index (χ2v) is 7.05. The molecule has 6 nitrogen and oxygen atoms in total. The highest BCUT2D eigenvalue weighted by Gasteiger charge is 2.29. The maximum atomic E-state index is 12.4. The second-order valence-electron chi connectivity index (χ2n) is 7.05. The SMILES string of the molecule is COc1ccc(OCC(=O)N2CCC(N3CCC(OC)CC3)CC2)cc1. The number of rotatable bonds is 6. The van der Waals surface area contributed by atoms with E-state index in [1.165, 1.54) is 0 Å². The van der Waals surface area contributed by atoms with Gasteiger partial charge in [-0.2, -0.15) is 0 Å². The van der Waals surface area contributed by atoms with Crippen LogP contribution in [0.1, 0.15) is 25.7 Å². The van der Waals surface area contributed by atoms with Crippen LogP contribution in [0.25, 0.3) is 0 Å². The molecule has 1 amide bonds. The fourth-order valence-corrected chi connectivity index (χ4v) is 3.87. The van der Waals surface area contributed by atoms with E-state index in [4.69, 9.17) is 14.2 Å². The number of likely N-dealkylation sites (tertiary alicyclic amines) is 2. The summed E-state index contributed by atoms with van der Waals surface area (Å²) in [6.45, 7) is 3.95. The van der Waals surface area contributed by atoms with Crippen LogP contribution in [0.5, 0.6) is 11.5 Å². The number of ether oxygens (including phenoxy) is 3. The quantitative estimate of drug-likeness (QED) is 0.776. The van der Waals surface area contributed by atoms with Crippen molar-refractivity contribution >= 4 is 5.91 Å². The molecule has 144 valence electrons. The molecule has 1 aromatic rings. The molecule has 0 aromatic heterocycles. The van der Waals surface area contributed by atoms with Crippen molar-refractivity contribution in [2.45, 2.75) is 37.8 Å². The Hall–Kier alpha value is -1.79. The van der Waals surface area contributed by atoms with Gasteiger partial charge in [-0.25, -0.2) is 0 Å². The number of methoxy groups -OCH3 is 2. The summed E-state index contributed by atoms with van der Waals surface area (Å²) in [5.74, 6) is 1.53. The van der Waals surface area contributed by atoms with E-state index in [1.54, 1.807) is 14.2 Å². The molecule has 0 spiro atoms. The number of hydrogen-bond donors (Lipinski definition) is 0. The van der Waals surface area contributed by atoms with Gasteiger partial charge >= 0.3 is 0 Å². The summed E-state index contributed by atoms with van der Waals surface area (Å²) in [5, 5.41) is 0. The van der Waals surface area contributed by atoms with Gasteiger partial charge in [0.2, 0.25) is 0 Å². The first-order valence-electron chi connectivity index (χ1n) is 9.51. The average Bonchev–Trinajstić information content (AvgIpc) is 2.72. The lowest BCUT2D eigenvalue weighted by molar-refractivity contribution is -0.135. The van der Waals surface area contributed by atoms with E-state index in [2.05, 4.69) is 4.90 Å². The molecule has 2 saturated heterocycles. The smallest absolute Gasteiger partial charge is 0.260 e. The topological polar surface area (TPSA) is 51.2 Å². The Morgan fingerprint density at radius 3 is 2.15 bits per heavy atom. The third-order valence-electron chi connectivity index (χ3n) is 5.57. The van der Waals surface area contributed by atoms with Gasteiger partial charge in [0.1, 0.15) is 11.5 Å². The third-order valence-corrected chi connectivity index (χ3v) is 5.57. The Kier molecular flexibility index (Phi) is 6.74. The number of amides is 1. The molecule has 0 N–H and O–H groups in total. The lowest BCUT2D eigenvalue weighted by atomic mass is 9.99. The van der Waals surface area contributed by atoms with Crippen molar-refractivity contribution in [3.05, 3.63) is 24.3 Å². The molecule has 0 saturated carbocycles. The first-order chi connectivity index (χ1) is 12.7. The van der Waals surface area contributed by atoms with Crippen molar-refractivity contribution in [2.75, 3.05) is 47.0 Å². The van der Waals surface area contributed by atoms with Crippen LogP contribution < -0.4 is 9.47 Å². The van der Waals surface area contributed by atoms with E-state index in [0.29, 0.717) is 17.9 Å². The van der Waals surface area contributed by atoms with Crippen molar-refractivity contribution in [1.82, 2.24) is 9.80 Å². The molecule has 2 aliphatic rings. The van der Waals surface area contributed by atoms with Crippen LogP contribution in [0, 0.1) is 0 Å². The lowest BCUT2D eigenvalue weighted by Crippen LogP contribution is -2.50. The summed E-state index contributed by atoms with van der Waals surface area (Å²) in [7, 11) is 3.43. The normalized spacial score (nSPS) is 20.2. The monoisotopic (exact) mass is 362 g/mol. The minimum Gasteiger partial charge on any atom is -0.497 e. The summed E-state index contributed by atoms with van der Waals surface area (Å²) < 4.78 is 16.2. The van der Waals surface area contributed by atoms with Gasteiger partial charge in [0.15, 0.2) is 6.61 Å². The van der Waals surface area contributed by atoms with Gasteiger partial charge in [0, 0.05) is 39.3 Å². The van der Waals surface area contributed by atoms with Crippen LogP contribution in [-0.2, 0) is 9.53 Å². The van der Waals surface area contributed by atoms with Crippen molar-refractivity contribution in [3.8, 4) is 11.5 Å². The van der Waals surface area contributed by atoms with Crippen LogP contribution in [0.3, 0.4) is 0 Å². The van der Waals surface area contributed by atoms with E-state index in [-0.39, 0.29) is 12.5 Å². The molecule has 0 aliphatic carbocycles. The summed E-state index contributed by atoms with van der Waals surface area (Å²) >= 11 is 0. The van der Waals surface area contributed by atoms with Gasteiger partial charge in [-0.1, -0.05) is 0 Å². The molecule has 3 rings (SSSR count). The summed E-state index contributed by atoms with van der Waals surface area (Å²) in [6.07, 6.45) is 4.75. The zero-order chi connectivity index (χ0) is 18.4. The van der Waals surface area contributed by atoms with E-state index >= 15 is 0 Å². The van der Waals surface area contributed by atoms with Crippen molar-refractivity contribution in [1.29, 1.82) is 0 Å². The van der Waals surface area contributed by atoms with Crippen LogP contribution in [-0.4, -0.2) is 74.9 Å². The predicted molar refractivity (Wildman–Crippen MR) is 99.7 cm³/mol. The largest absolute Gasteiger partial charge is 0.497 e. The molecule has 0 radical (unpaired) electrons. The first-order valence-corrected chi connectivity index (χ1v) is 9.51. The minimum absolute atomic E-state index is 0.0670. The maximum Gasteiger partial charge on any atom is 0.260 e. The van der Waals surface area contributed by atoms with Gasteiger partial charge in [-0.15, -0.1) is 0 Å². The molecule has 6 heteroatoms. The van der Waals surface area contributed by atoms with E-state index in [9.17, 15) is 4.79 Å². The van der Waals surface area contributed by atoms with Gasteiger partial charge < -0.3 is 24.0 Å². The molecule has 2 heterocycles. The zero-order valence-electron chi connectivity index (χ0n) is 15.9. The number of nitrogens with zero attached hydrogens (tertiary/aromatic N) is 2. The lowest BCUT2D eigenvalue weighted by Gasteiger charge is -2.41. The van der Waals surface area contributed by atoms with Crippen LogP contribution >= 0.6 is 0 Å². The summed E-state index contributed by atoms with van der Waals surface area (Å²) in [5.41, 5.74) is 0. The molecule has 2 fully saturated rings. The van der Waals surface area contributed by atoms with E-state index in [1.807, 2.05) is 29.2 Å². The number of hydrogen-bond acceptors (Lipinski definition) is 5.